The highest BCUT2D eigenvalue weighted by Crippen LogP contribution is 2.53. The number of hydrogen-bond donors (Lipinski definition) is 2. The molecule has 2 fully saturated rings. The number of rotatable bonds is 6. The quantitative estimate of drug-likeness (QED) is 0.237. The Labute approximate surface area is 195 Å². The molecule has 2 saturated carbocycles. The van der Waals surface area contributed by atoms with Gasteiger partial charge in [0, 0.05) is 22.8 Å². The molecule has 2 aromatic rings. The summed E-state index contributed by atoms with van der Waals surface area (Å²) in [6.45, 7) is -0.851. The summed E-state index contributed by atoms with van der Waals surface area (Å²) in [5.41, 5.74) is -4.73. The Morgan fingerprint density at radius 1 is 1.26 bits per heavy atom. The Bertz CT molecular complexity index is 1090. The van der Waals surface area contributed by atoms with E-state index in [1.165, 1.54) is 18.3 Å². The van der Waals surface area contributed by atoms with E-state index in [9.17, 15) is 36.3 Å². The summed E-state index contributed by atoms with van der Waals surface area (Å²) in [4.78, 5) is 13.1. The number of halogens is 6. The van der Waals surface area contributed by atoms with Crippen molar-refractivity contribution in [1.82, 2.24) is 9.78 Å². The number of carbonyl (C=O) groups is 1. The van der Waals surface area contributed by atoms with Crippen molar-refractivity contribution < 1.29 is 41.1 Å². The number of nitrogens with zero attached hydrogens (tertiary/aromatic N) is 3. The number of alkyl halides is 6. The number of anilines is 1. The Morgan fingerprint density at radius 2 is 1.91 bits per heavy atom. The SMILES string of the molecule is CSc1cc(NC(=O)c2c(C(F)(F)F)c(C3CC3)nn2CC2(C(F)(F)F)CCCC2)cc[n+]1O. The molecule has 2 aromatic heterocycles. The minimum absolute atomic E-state index is 0.0832. The van der Waals surface area contributed by atoms with Crippen LogP contribution < -0.4 is 10.0 Å². The fourth-order valence-corrected chi connectivity index (χ4v) is 5.00. The number of pyridine rings is 1. The molecular weight excluding hydrogens is 486 g/mol. The molecule has 0 aliphatic heterocycles. The molecule has 34 heavy (non-hydrogen) atoms. The molecule has 2 aliphatic rings. The van der Waals surface area contributed by atoms with Crippen LogP contribution in [0.15, 0.2) is 23.4 Å². The van der Waals surface area contributed by atoms with E-state index in [0.29, 0.717) is 35.4 Å². The number of hydrogen-bond acceptors (Lipinski definition) is 4. The van der Waals surface area contributed by atoms with Gasteiger partial charge in [-0.1, -0.05) is 24.6 Å². The van der Waals surface area contributed by atoms with Gasteiger partial charge >= 0.3 is 12.4 Å². The number of carbonyl (C=O) groups excluding carboxylic acids is 1. The summed E-state index contributed by atoms with van der Waals surface area (Å²) in [5, 5.41) is 16.3. The highest BCUT2D eigenvalue weighted by atomic mass is 32.2. The monoisotopic (exact) mass is 509 g/mol. The van der Waals surface area contributed by atoms with Crippen LogP contribution in [0, 0.1) is 5.41 Å². The fraction of sp³-hybridized carbons (Fsp3) is 0.571. The molecule has 4 rings (SSSR count). The zero-order valence-corrected chi connectivity index (χ0v) is 18.9. The molecule has 0 radical (unpaired) electrons. The number of aromatic nitrogens is 3. The molecule has 2 N–H and O–H groups in total. The molecule has 0 aromatic carbocycles. The first kappa shape index (κ1) is 24.7. The fourth-order valence-electron chi connectivity index (χ4n) is 4.51. The number of thioether (sulfide) groups is 1. The van der Waals surface area contributed by atoms with Gasteiger partial charge in [0.1, 0.15) is 11.3 Å². The first-order valence-corrected chi connectivity index (χ1v) is 11.9. The van der Waals surface area contributed by atoms with Crippen LogP contribution in [0.5, 0.6) is 0 Å². The lowest BCUT2D eigenvalue weighted by atomic mass is 9.85. The third-order valence-electron chi connectivity index (χ3n) is 6.42. The second-order valence-electron chi connectivity index (χ2n) is 8.78. The lowest BCUT2D eigenvalue weighted by Crippen LogP contribution is -2.40. The number of amides is 1. The third-order valence-corrected chi connectivity index (χ3v) is 7.15. The zero-order chi connectivity index (χ0) is 24.9. The molecule has 0 atom stereocenters. The normalized spacial score (nSPS) is 18.3. The van der Waals surface area contributed by atoms with Gasteiger partial charge in [-0.15, -0.1) is 0 Å². The van der Waals surface area contributed by atoms with Crippen molar-refractivity contribution in [2.24, 2.45) is 5.41 Å². The molecule has 13 heteroatoms. The molecule has 1 amide bonds. The van der Waals surface area contributed by atoms with Crippen LogP contribution in [-0.2, 0) is 12.7 Å². The van der Waals surface area contributed by atoms with Gasteiger partial charge < -0.3 is 5.32 Å². The van der Waals surface area contributed by atoms with Crippen LogP contribution >= 0.6 is 11.8 Å². The maximum absolute atomic E-state index is 14.1. The van der Waals surface area contributed by atoms with Crippen molar-refractivity contribution in [2.75, 3.05) is 11.6 Å². The van der Waals surface area contributed by atoms with E-state index in [0.717, 1.165) is 16.5 Å². The van der Waals surface area contributed by atoms with Crippen LogP contribution in [0.3, 0.4) is 0 Å². The average Bonchev–Trinajstić information content (AvgIpc) is 3.33. The predicted molar refractivity (Wildman–Crippen MR) is 110 cm³/mol. The molecular formula is C21H23F6N4O2S+. The second-order valence-corrected chi connectivity index (χ2v) is 9.61. The van der Waals surface area contributed by atoms with Crippen LogP contribution in [0.1, 0.15) is 66.2 Å². The van der Waals surface area contributed by atoms with Gasteiger partial charge in [-0.25, -0.2) is 0 Å². The van der Waals surface area contributed by atoms with E-state index in [-0.39, 0.29) is 24.2 Å². The molecule has 2 aliphatic carbocycles. The smallest absolute Gasteiger partial charge is 0.320 e. The minimum atomic E-state index is -4.97. The van der Waals surface area contributed by atoms with Crippen molar-refractivity contribution >= 4 is 23.4 Å². The van der Waals surface area contributed by atoms with Gasteiger partial charge in [0.2, 0.25) is 6.20 Å². The maximum Gasteiger partial charge on any atom is 0.420 e. The summed E-state index contributed by atoms with van der Waals surface area (Å²) in [5.74, 6) is -1.74. The molecule has 0 spiro atoms. The first-order valence-electron chi connectivity index (χ1n) is 10.7. The van der Waals surface area contributed by atoms with E-state index in [2.05, 4.69) is 10.4 Å². The van der Waals surface area contributed by atoms with Crippen LogP contribution in [0.25, 0.3) is 0 Å². The van der Waals surface area contributed by atoms with Crippen molar-refractivity contribution in [2.45, 2.75) is 68.4 Å². The van der Waals surface area contributed by atoms with Gasteiger partial charge in [0.25, 0.3) is 10.9 Å². The summed E-state index contributed by atoms with van der Waals surface area (Å²) in [7, 11) is 0. The van der Waals surface area contributed by atoms with Crippen molar-refractivity contribution in [3.05, 3.63) is 35.3 Å². The minimum Gasteiger partial charge on any atom is -0.320 e. The summed E-state index contributed by atoms with van der Waals surface area (Å²) in [6, 6.07) is 2.61. The van der Waals surface area contributed by atoms with E-state index in [1.54, 1.807) is 6.26 Å². The topological polar surface area (TPSA) is 71.0 Å². The summed E-state index contributed by atoms with van der Waals surface area (Å²) < 4.78 is 85.8. The lowest BCUT2D eigenvalue weighted by Gasteiger charge is -2.32. The van der Waals surface area contributed by atoms with Crippen molar-refractivity contribution in [3.63, 3.8) is 0 Å². The third kappa shape index (κ3) is 4.58. The molecule has 0 bridgehead atoms. The van der Waals surface area contributed by atoms with Gasteiger partial charge in [-0.05, 0) is 31.9 Å². The predicted octanol–water partition coefficient (Wildman–Crippen LogP) is 5.40. The Morgan fingerprint density at radius 3 is 2.44 bits per heavy atom. The highest BCUT2D eigenvalue weighted by Gasteiger charge is 2.57. The van der Waals surface area contributed by atoms with Crippen molar-refractivity contribution in [1.29, 1.82) is 0 Å². The van der Waals surface area contributed by atoms with Crippen LogP contribution in [0.2, 0.25) is 0 Å². The molecule has 6 nitrogen and oxygen atoms in total. The van der Waals surface area contributed by atoms with Crippen molar-refractivity contribution in [3.8, 4) is 0 Å². The van der Waals surface area contributed by atoms with E-state index in [1.807, 2.05) is 0 Å². The van der Waals surface area contributed by atoms with Gasteiger partial charge in [0.05, 0.1) is 23.3 Å². The Hall–Kier alpha value is -2.44. The summed E-state index contributed by atoms with van der Waals surface area (Å²) in [6.07, 6.45) is -5.80. The van der Waals surface area contributed by atoms with Gasteiger partial charge in [-0.2, -0.15) is 31.4 Å². The van der Waals surface area contributed by atoms with Crippen LogP contribution in [0.4, 0.5) is 32.0 Å². The Kier molecular flexibility index (Phi) is 6.28. The second kappa shape index (κ2) is 8.65. The van der Waals surface area contributed by atoms with Gasteiger partial charge in [0.15, 0.2) is 0 Å². The Balaban J connectivity index is 1.80. The number of nitrogens with one attached hydrogen (secondary N) is 1. The molecule has 0 saturated heterocycles. The molecule has 186 valence electrons. The largest absolute Gasteiger partial charge is 0.420 e. The highest BCUT2D eigenvalue weighted by molar-refractivity contribution is 7.98. The zero-order valence-electron chi connectivity index (χ0n) is 18.1. The average molecular weight is 509 g/mol. The van der Waals surface area contributed by atoms with E-state index in [4.69, 9.17) is 0 Å². The van der Waals surface area contributed by atoms with E-state index < -0.39 is 47.4 Å². The standard InChI is InChI=1S/C21H22F6N4O2S/c1-34-14-10-13(6-9-31(14)33)28-18(32)17-15(20(22,23)24)16(12-4-5-12)29-30(17)11-19(21(25,26)27)7-2-3-8-19/h6,9-10,12,33H,2-5,7-8,11H2,1H3/p+1. The molecule has 2 heterocycles. The molecule has 0 unspecified atom stereocenters. The first-order chi connectivity index (χ1) is 15.9. The van der Waals surface area contributed by atoms with Crippen LogP contribution in [-0.4, -0.2) is 33.3 Å². The van der Waals surface area contributed by atoms with Gasteiger partial charge in [-0.3, -0.25) is 14.7 Å². The summed E-state index contributed by atoms with van der Waals surface area (Å²) >= 11 is 1.12. The lowest BCUT2D eigenvalue weighted by molar-refractivity contribution is -0.932. The maximum atomic E-state index is 14.1. The van der Waals surface area contributed by atoms with E-state index >= 15 is 0 Å².